The number of hydrogen-bond acceptors (Lipinski definition) is 7. The number of rotatable bonds is 7. The van der Waals surface area contributed by atoms with Gasteiger partial charge >= 0.3 is 0 Å². The third kappa shape index (κ3) is 4.47. The summed E-state index contributed by atoms with van der Waals surface area (Å²) in [6, 6.07) is 22.6. The first-order chi connectivity index (χ1) is 18.8. The van der Waals surface area contributed by atoms with E-state index in [1.165, 1.54) is 13.2 Å². The van der Waals surface area contributed by atoms with E-state index in [1.54, 1.807) is 54.6 Å². The van der Waals surface area contributed by atoms with Crippen LogP contribution in [-0.4, -0.2) is 44.5 Å². The van der Waals surface area contributed by atoms with Crippen molar-refractivity contribution >= 4 is 38.3 Å². The third-order valence-electron chi connectivity index (χ3n) is 6.90. The van der Waals surface area contributed by atoms with Gasteiger partial charge < -0.3 is 14.2 Å². The number of benzene rings is 4. The maximum absolute atomic E-state index is 14.2. The molecule has 2 aliphatic rings. The summed E-state index contributed by atoms with van der Waals surface area (Å²) in [7, 11) is -2.70. The number of anilines is 1. The Balaban J connectivity index is 1.40. The van der Waals surface area contributed by atoms with Gasteiger partial charge in [-0.1, -0.05) is 36.4 Å². The summed E-state index contributed by atoms with van der Waals surface area (Å²) >= 11 is 0. The molecule has 198 valence electrons. The van der Waals surface area contributed by atoms with Gasteiger partial charge in [-0.05, 0) is 64.9 Å². The maximum Gasteiger partial charge on any atom is 0.252 e. The van der Waals surface area contributed by atoms with E-state index in [9.17, 15) is 18.0 Å². The van der Waals surface area contributed by atoms with Gasteiger partial charge in [-0.15, -0.1) is 0 Å². The Kier molecular flexibility index (Phi) is 6.20. The van der Waals surface area contributed by atoms with Gasteiger partial charge in [0.25, 0.3) is 5.91 Å². The van der Waals surface area contributed by atoms with Crippen molar-refractivity contribution in [3.05, 3.63) is 90.5 Å². The molecule has 4 aromatic rings. The Morgan fingerprint density at radius 1 is 0.897 bits per heavy atom. The van der Waals surface area contributed by atoms with E-state index in [-0.39, 0.29) is 24.7 Å². The van der Waals surface area contributed by atoms with Crippen molar-refractivity contribution in [2.75, 3.05) is 18.8 Å². The monoisotopic (exact) mass is 544 g/mol. The average molecular weight is 545 g/mol. The molecule has 4 aromatic carbocycles. The molecule has 0 bridgehead atoms. The van der Waals surface area contributed by atoms with Crippen LogP contribution in [0.1, 0.15) is 12.0 Å². The zero-order chi connectivity index (χ0) is 27.1. The molecule has 0 radical (unpaired) electrons. The van der Waals surface area contributed by atoms with Crippen LogP contribution in [0.2, 0.25) is 0 Å². The molecule has 39 heavy (non-hydrogen) atoms. The molecule has 1 saturated heterocycles. The van der Waals surface area contributed by atoms with E-state index in [0.717, 1.165) is 20.0 Å². The van der Waals surface area contributed by atoms with Gasteiger partial charge in [0, 0.05) is 6.54 Å². The topological polar surface area (TPSA) is 102 Å². The highest BCUT2D eigenvalue weighted by atomic mass is 32.2. The van der Waals surface area contributed by atoms with Crippen molar-refractivity contribution in [2.24, 2.45) is 0 Å². The number of nitrogens with zero attached hydrogens (tertiary/aromatic N) is 2. The van der Waals surface area contributed by atoms with Crippen LogP contribution in [0.4, 0.5) is 5.69 Å². The van der Waals surface area contributed by atoms with E-state index in [2.05, 4.69) is 0 Å². The van der Waals surface area contributed by atoms with Crippen molar-refractivity contribution in [1.82, 2.24) is 4.31 Å². The molecule has 10 heteroatoms. The summed E-state index contributed by atoms with van der Waals surface area (Å²) in [5.74, 6) is 0.511. The summed E-state index contributed by atoms with van der Waals surface area (Å²) in [5, 5.41) is 1.63. The number of fused-ring (bicyclic) bond motifs is 2. The van der Waals surface area contributed by atoms with Crippen LogP contribution in [0.25, 0.3) is 10.8 Å². The maximum atomic E-state index is 14.2. The molecule has 0 N–H and O–H groups in total. The highest BCUT2D eigenvalue weighted by Gasteiger charge is 2.47. The molecule has 6 rings (SSSR count). The minimum absolute atomic E-state index is 0.0325. The Morgan fingerprint density at radius 3 is 2.41 bits per heavy atom. The van der Waals surface area contributed by atoms with E-state index in [4.69, 9.17) is 14.2 Å². The molecule has 9 nitrogen and oxygen atoms in total. The van der Waals surface area contributed by atoms with Crippen LogP contribution in [0.3, 0.4) is 0 Å². The number of ether oxygens (including phenoxy) is 3. The molecule has 1 unspecified atom stereocenters. The average Bonchev–Trinajstić information content (AvgIpc) is 3.54. The standard InChI is InChI=1S/C29H24N2O7S/c1-36-23-10-8-22(9-11-23)31-28(32)16-25(29(31)33)30(17-19-6-13-26-27(14-19)38-18-37-26)39(34,35)24-12-7-20-4-2-3-5-21(20)15-24/h2-15,25H,16-18H2,1H3. The summed E-state index contributed by atoms with van der Waals surface area (Å²) in [4.78, 5) is 27.9. The summed E-state index contributed by atoms with van der Waals surface area (Å²) in [6.45, 7) is -0.0732. The second-order valence-electron chi connectivity index (χ2n) is 9.23. The fourth-order valence-corrected chi connectivity index (χ4v) is 6.49. The Hall–Kier alpha value is -4.41. The van der Waals surface area contributed by atoms with Gasteiger partial charge in [0.15, 0.2) is 11.5 Å². The Labute approximate surface area is 225 Å². The quantitative estimate of drug-likeness (QED) is 0.323. The third-order valence-corrected chi connectivity index (χ3v) is 8.75. The number of hydrogen-bond donors (Lipinski definition) is 0. The van der Waals surface area contributed by atoms with E-state index in [0.29, 0.717) is 28.5 Å². The van der Waals surface area contributed by atoms with Crippen molar-refractivity contribution in [3.8, 4) is 17.2 Å². The van der Waals surface area contributed by atoms with Crippen LogP contribution in [-0.2, 0) is 26.2 Å². The van der Waals surface area contributed by atoms with Gasteiger partial charge in [0.1, 0.15) is 11.8 Å². The van der Waals surface area contributed by atoms with E-state index in [1.807, 2.05) is 24.3 Å². The lowest BCUT2D eigenvalue weighted by Gasteiger charge is -2.27. The van der Waals surface area contributed by atoms with Crippen molar-refractivity contribution < 1.29 is 32.2 Å². The second-order valence-corrected chi connectivity index (χ2v) is 11.1. The van der Waals surface area contributed by atoms with Crippen LogP contribution in [0.5, 0.6) is 17.2 Å². The number of imide groups is 1. The van der Waals surface area contributed by atoms with Crippen LogP contribution in [0, 0.1) is 0 Å². The first-order valence-electron chi connectivity index (χ1n) is 12.3. The Bertz CT molecular complexity index is 1700. The molecule has 2 heterocycles. The molecular weight excluding hydrogens is 520 g/mol. The lowest BCUT2D eigenvalue weighted by atomic mass is 10.1. The highest BCUT2D eigenvalue weighted by Crippen LogP contribution is 2.36. The lowest BCUT2D eigenvalue weighted by molar-refractivity contribution is -0.122. The number of methoxy groups -OCH3 is 1. The zero-order valence-corrected chi connectivity index (χ0v) is 21.8. The largest absolute Gasteiger partial charge is 0.497 e. The second kappa shape index (κ2) is 9.72. The number of sulfonamides is 1. The van der Waals surface area contributed by atoms with Crippen LogP contribution < -0.4 is 19.1 Å². The molecule has 2 aliphatic heterocycles. The van der Waals surface area contributed by atoms with Crippen molar-refractivity contribution in [2.45, 2.75) is 23.9 Å². The van der Waals surface area contributed by atoms with Crippen molar-refractivity contribution in [3.63, 3.8) is 0 Å². The summed E-state index contributed by atoms with van der Waals surface area (Å²) in [5.41, 5.74) is 0.936. The van der Waals surface area contributed by atoms with Crippen LogP contribution in [0.15, 0.2) is 89.8 Å². The van der Waals surface area contributed by atoms with E-state index >= 15 is 0 Å². The van der Waals surface area contributed by atoms with Gasteiger partial charge in [-0.2, -0.15) is 4.31 Å². The minimum Gasteiger partial charge on any atom is -0.497 e. The predicted octanol–water partition coefficient (Wildman–Crippen LogP) is 4.10. The van der Waals surface area contributed by atoms with Gasteiger partial charge in [-0.3, -0.25) is 9.59 Å². The predicted molar refractivity (Wildman–Crippen MR) is 143 cm³/mol. The molecular formula is C29H24N2O7S. The van der Waals surface area contributed by atoms with Crippen LogP contribution >= 0.6 is 0 Å². The number of carbonyl (C=O) groups is 2. The number of amides is 2. The molecule has 0 saturated carbocycles. The first-order valence-corrected chi connectivity index (χ1v) is 13.7. The molecule has 0 spiro atoms. The Morgan fingerprint density at radius 2 is 1.64 bits per heavy atom. The molecule has 0 aliphatic carbocycles. The smallest absolute Gasteiger partial charge is 0.252 e. The van der Waals surface area contributed by atoms with Gasteiger partial charge in [-0.25, -0.2) is 13.3 Å². The molecule has 1 fully saturated rings. The lowest BCUT2D eigenvalue weighted by Crippen LogP contribution is -2.45. The SMILES string of the molecule is COc1ccc(N2C(=O)CC(N(Cc3ccc4c(c3)OCO4)S(=O)(=O)c3ccc4ccccc4c3)C2=O)cc1. The molecule has 1 atom stereocenters. The van der Waals surface area contributed by atoms with Crippen molar-refractivity contribution in [1.29, 1.82) is 0 Å². The van der Waals surface area contributed by atoms with Gasteiger partial charge in [0.2, 0.25) is 22.7 Å². The normalized spacial score (nSPS) is 16.9. The molecule has 0 aromatic heterocycles. The number of carbonyl (C=O) groups excluding carboxylic acids is 2. The molecule has 2 amide bonds. The van der Waals surface area contributed by atoms with E-state index < -0.39 is 27.9 Å². The fraction of sp³-hybridized carbons (Fsp3) is 0.172. The highest BCUT2D eigenvalue weighted by molar-refractivity contribution is 7.89. The minimum atomic E-state index is -4.22. The van der Waals surface area contributed by atoms with Gasteiger partial charge in [0.05, 0.1) is 24.1 Å². The fourth-order valence-electron chi connectivity index (χ4n) is 4.89. The zero-order valence-electron chi connectivity index (χ0n) is 20.9. The summed E-state index contributed by atoms with van der Waals surface area (Å²) < 4.78 is 45.4. The first kappa shape index (κ1) is 24.9. The summed E-state index contributed by atoms with van der Waals surface area (Å²) in [6.07, 6.45) is -0.289.